The maximum Gasteiger partial charge on any atom is 0.339 e. The third-order valence-corrected chi connectivity index (χ3v) is 5.08. The fourth-order valence-corrected chi connectivity index (χ4v) is 3.83. The van der Waals surface area contributed by atoms with Crippen LogP contribution in [-0.4, -0.2) is 35.0 Å². The van der Waals surface area contributed by atoms with Gasteiger partial charge in [0.1, 0.15) is 11.3 Å². The standard InChI is InChI=1S/C18H23NO4/c1-2-14-13(17(21)22)11-15(23-14)16(20)19-10-6-9-18(12-19)7-4-3-5-8-18/h3-4,11H,2,5-10,12H2,1H3,(H,21,22)/t18-/m0/s1. The molecule has 1 aliphatic carbocycles. The van der Waals surface area contributed by atoms with Gasteiger partial charge in [0.2, 0.25) is 0 Å². The molecule has 2 heterocycles. The third kappa shape index (κ3) is 3.05. The van der Waals surface area contributed by atoms with Crippen LogP contribution in [-0.2, 0) is 6.42 Å². The van der Waals surface area contributed by atoms with Gasteiger partial charge in [-0.2, -0.15) is 0 Å². The van der Waals surface area contributed by atoms with Crippen LogP contribution in [0.3, 0.4) is 0 Å². The highest BCUT2D eigenvalue weighted by Crippen LogP contribution is 2.41. The molecule has 23 heavy (non-hydrogen) atoms. The van der Waals surface area contributed by atoms with E-state index in [1.54, 1.807) is 0 Å². The van der Waals surface area contributed by atoms with Crippen molar-refractivity contribution < 1.29 is 19.1 Å². The molecule has 0 aromatic carbocycles. The summed E-state index contributed by atoms with van der Waals surface area (Å²) in [5.74, 6) is -0.700. The molecule has 0 bridgehead atoms. The Bertz CT molecular complexity index is 645. The molecule has 0 saturated carbocycles. The number of rotatable bonds is 3. The molecule has 0 unspecified atom stereocenters. The fraction of sp³-hybridized carbons (Fsp3) is 0.556. The zero-order valence-electron chi connectivity index (χ0n) is 13.5. The van der Waals surface area contributed by atoms with E-state index in [0.29, 0.717) is 12.2 Å². The third-order valence-electron chi connectivity index (χ3n) is 5.08. The molecule has 1 spiro atoms. The summed E-state index contributed by atoms with van der Waals surface area (Å²) in [6.07, 6.45) is 10.3. The zero-order valence-corrected chi connectivity index (χ0v) is 13.5. The minimum Gasteiger partial charge on any atom is -0.478 e. The fourth-order valence-electron chi connectivity index (χ4n) is 3.83. The summed E-state index contributed by atoms with van der Waals surface area (Å²) >= 11 is 0. The van der Waals surface area contributed by atoms with Crippen LogP contribution in [0.1, 0.15) is 65.7 Å². The smallest absolute Gasteiger partial charge is 0.339 e. The molecule has 1 aromatic heterocycles. The number of carbonyl (C=O) groups is 2. The summed E-state index contributed by atoms with van der Waals surface area (Å²) in [6, 6.07) is 1.38. The molecule has 5 heteroatoms. The maximum absolute atomic E-state index is 12.8. The SMILES string of the molecule is CCc1oc(C(=O)N2CCC[C@@]3(CC=CCC3)C2)cc1C(=O)O. The molecule has 1 N–H and O–H groups in total. The number of aryl methyl sites for hydroxylation is 1. The van der Waals surface area contributed by atoms with Gasteiger partial charge in [0, 0.05) is 25.6 Å². The van der Waals surface area contributed by atoms with Crippen LogP contribution in [0.25, 0.3) is 0 Å². The molecule has 1 aliphatic heterocycles. The average molecular weight is 317 g/mol. The summed E-state index contributed by atoms with van der Waals surface area (Å²) in [6.45, 7) is 3.28. The Hall–Kier alpha value is -2.04. The largest absolute Gasteiger partial charge is 0.478 e. The van der Waals surface area contributed by atoms with E-state index in [-0.39, 0.29) is 22.6 Å². The molecule has 5 nitrogen and oxygen atoms in total. The first-order valence-electron chi connectivity index (χ1n) is 8.35. The Labute approximate surface area is 136 Å². The molecule has 0 radical (unpaired) electrons. The van der Waals surface area contributed by atoms with Crippen molar-refractivity contribution in [3.63, 3.8) is 0 Å². The second-order valence-electron chi connectivity index (χ2n) is 6.65. The van der Waals surface area contributed by atoms with Gasteiger partial charge in [-0.1, -0.05) is 19.1 Å². The number of aromatic carboxylic acids is 1. The van der Waals surface area contributed by atoms with Crippen molar-refractivity contribution in [1.29, 1.82) is 0 Å². The highest BCUT2D eigenvalue weighted by atomic mass is 16.4. The van der Waals surface area contributed by atoms with E-state index in [9.17, 15) is 14.7 Å². The van der Waals surface area contributed by atoms with Gasteiger partial charge in [0.15, 0.2) is 5.76 Å². The summed E-state index contributed by atoms with van der Waals surface area (Å²) < 4.78 is 5.53. The molecule has 1 saturated heterocycles. The molecular weight excluding hydrogens is 294 g/mol. The lowest BCUT2D eigenvalue weighted by Crippen LogP contribution is -2.46. The Balaban J connectivity index is 1.80. The zero-order chi connectivity index (χ0) is 16.4. The summed E-state index contributed by atoms with van der Waals surface area (Å²) in [5, 5.41) is 9.21. The Kier molecular flexibility index (Phi) is 4.28. The molecule has 1 fully saturated rings. The second kappa shape index (κ2) is 6.22. The van der Waals surface area contributed by atoms with Crippen molar-refractivity contribution >= 4 is 11.9 Å². The number of carbonyl (C=O) groups excluding carboxylic acids is 1. The molecular formula is C18H23NO4. The van der Waals surface area contributed by atoms with Crippen molar-refractivity contribution in [2.24, 2.45) is 5.41 Å². The lowest BCUT2D eigenvalue weighted by atomic mass is 9.71. The number of allylic oxidation sites excluding steroid dienone is 2. The van der Waals surface area contributed by atoms with Gasteiger partial charge in [-0.25, -0.2) is 4.79 Å². The minimum absolute atomic E-state index is 0.100. The van der Waals surface area contributed by atoms with Crippen molar-refractivity contribution in [2.75, 3.05) is 13.1 Å². The maximum atomic E-state index is 12.8. The minimum atomic E-state index is -1.04. The quantitative estimate of drug-likeness (QED) is 0.866. The van der Waals surface area contributed by atoms with E-state index in [4.69, 9.17) is 4.42 Å². The van der Waals surface area contributed by atoms with Gasteiger partial charge in [-0.3, -0.25) is 4.79 Å². The van der Waals surface area contributed by atoms with E-state index in [0.717, 1.165) is 45.2 Å². The first kappa shape index (κ1) is 15.8. The van der Waals surface area contributed by atoms with Gasteiger partial charge in [-0.05, 0) is 37.5 Å². The number of furan rings is 1. The highest BCUT2D eigenvalue weighted by molar-refractivity contribution is 5.96. The second-order valence-corrected chi connectivity index (χ2v) is 6.65. The number of carboxylic acids is 1. The van der Waals surface area contributed by atoms with Crippen LogP contribution >= 0.6 is 0 Å². The lowest BCUT2D eigenvalue weighted by Gasteiger charge is -2.43. The lowest BCUT2D eigenvalue weighted by molar-refractivity contribution is 0.0455. The molecule has 3 rings (SSSR count). The number of nitrogens with zero attached hydrogens (tertiary/aromatic N) is 1. The van der Waals surface area contributed by atoms with Crippen LogP contribution in [0.5, 0.6) is 0 Å². The predicted molar refractivity (Wildman–Crippen MR) is 85.6 cm³/mol. The molecule has 1 aromatic rings. The Morgan fingerprint density at radius 3 is 2.78 bits per heavy atom. The van der Waals surface area contributed by atoms with Gasteiger partial charge in [-0.15, -0.1) is 0 Å². The number of hydrogen-bond acceptors (Lipinski definition) is 3. The molecule has 2 aliphatic rings. The number of likely N-dealkylation sites (tertiary alicyclic amines) is 1. The monoisotopic (exact) mass is 317 g/mol. The van der Waals surface area contributed by atoms with E-state index in [1.165, 1.54) is 6.07 Å². The van der Waals surface area contributed by atoms with E-state index >= 15 is 0 Å². The van der Waals surface area contributed by atoms with Crippen molar-refractivity contribution in [1.82, 2.24) is 4.90 Å². The van der Waals surface area contributed by atoms with Crippen LogP contribution < -0.4 is 0 Å². The van der Waals surface area contributed by atoms with Crippen LogP contribution in [0.4, 0.5) is 0 Å². The first-order valence-corrected chi connectivity index (χ1v) is 8.35. The van der Waals surface area contributed by atoms with Gasteiger partial charge >= 0.3 is 5.97 Å². The highest BCUT2D eigenvalue weighted by Gasteiger charge is 2.37. The van der Waals surface area contributed by atoms with Crippen molar-refractivity contribution in [2.45, 2.75) is 45.4 Å². The molecule has 1 atom stereocenters. The van der Waals surface area contributed by atoms with E-state index in [2.05, 4.69) is 12.2 Å². The van der Waals surface area contributed by atoms with Crippen LogP contribution in [0, 0.1) is 5.41 Å². The summed E-state index contributed by atoms with van der Waals surface area (Å²) in [4.78, 5) is 25.8. The van der Waals surface area contributed by atoms with E-state index < -0.39 is 5.97 Å². The van der Waals surface area contributed by atoms with Gasteiger partial charge < -0.3 is 14.4 Å². The van der Waals surface area contributed by atoms with Gasteiger partial charge in [0.25, 0.3) is 5.91 Å². The van der Waals surface area contributed by atoms with E-state index in [1.807, 2.05) is 11.8 Å². The topological polar surface area (TPSA) is 70.8 Å². The van der Waals surface area contributed by atoms with Crippen LogP contribution in [0.2, 0.25) is 0 Å². The Morgan fingerprint density at radius 2 is 2.17 bits per heavy atom. The first-order chi connectivity index (χ1) is 11.0. The predicted octanol–water partition coefficient (Wildman–Crippen LogP) is 3.50. The molecule has 124 valence electrons. The van der Waals surface area contributed by atoms with Crippen LogP contribution in [0.15, 0.2) is 22.6 Å². The van der Waals surface area contributed by atoms with Crippen molar-refractivity contribution in [3.8, 4) is 0 Å². The van der Waals surface area contributed by atoms with Crippen molar-refractivity contribution in [3.05, 3.63) is 35.3 Å². The average Bonchev–Trinajstić information content (AvgIpc) is 2.99. The molecule has 1 amide bonds. The van der Waals surface area contributed by atoms with Gasteiger partial charge in [0.05, 0.1) is 0 Å². The number of hydrogen-bond donors (Lipinski definition) is 1. The normalized spacial score (nSPS) is 24.1. The Morgan fingerprint density at radius 1 is 1.35 bits per heavy atom. The summed E-state index contributed by atoms with van der Waals surface area (Å²) in [7, 11) is 0. The number of piperidine rings is 1. The number of amides is 1. The number of carboxylic acid groups (broad SMARTS) is 1. The summed E-state index contributed by atoms with van der Waals surface area (Å²) in [5.41, 5.74) is 0.293.